The van der Waals surface area contributed by atoms with Gasteiger partial charge in [-0.1, -0.05) is 0 Å². The molecule has 1 saturated heterocycles. The van der Waals surface area contributed by atoms with Gasteiger partial charge in [-0.05, 0) is 28.1 Å². The van der Waals surface area contributed by atoms with Gasteiger partial charge in [0.25, 0.3) is 5.91 Å². The quantitative estimate of drug-likeness (QED) is 0.844. The van der Waals surface area contributed by atoms with Gasteiger partial charge in [-0.3, -0.25) is 4.79 Å². The van der Waals surface area contributed by atoms with Crippen LogP contribution in [0.25, 0.3) is 0 Å². The predicted octanol–water partition coefficient (Wildman–Crippen LogP) is 0.960. The summed E-state index contributed by atoms with van der Waals surface area (Å²) in [6.07, 6.45) is -0.688. The molecule has 0 aliphatic carbocycles. The Balaban J connectivity index is 2.12. The maximum Gasteiger partial charge on any atom is 0.257 e. The van der Waals surface area contributed by atoms with Crippen molar-refractivity contribution in [2.45, 2.75) is 6.10 Å². The number of halogens is 1. The molecule has 1 aliphatic heterocycles. The van der Waals surface area contributed by atoms with E-state index in [9.17, 15) is 13.2 Å². The molecule has 0 saturated carbocycles. The average molecular weight is 383 g/mol. The van der Waals surface area contributed by atoms with Gasteiger partial charge >= 0.3 is 0 Å². The highest BCUT2D eigenvalue weighted by atomic mass is 79.9. The second-order valence-electron chi connectivity index (χ2n) is 4.30. The summed E-state index contributed by atoms with van der Waals surface area (Å²) >= 11 is 4.78. The molecule has 6 nitrogen and oxygen atoms in total. The third-order valence-electron chi connectivity index (χ3n) is 2.96. The van der Waals surface area contributed by atoms with Crippen molar-refractivity contribution in [2.24, 2.45) is 0 Å². The lowest BCUT2D eigenvalue weighted by Crippen LogP contribution is -2.38. The van der Waals surface area contributed by atoms with E-state index in [4.69, 9.17) is 4.74 Å². The first kappa shape index (κ1) is 15.9. The fourth-order valence-electron chi connectivity index (χ4n) is 1.94. The van der Waals surface area contributed by atoms with Crippen LogP contribution in [0.5, 0.6) is 0 Å². The number of nitrogens with one attached hydrogen (secondary N) is 1. The zero-order valence-electron chi connectivity index (χ0n) is 10.8. The highest BCUT2D eigenvalue weighted by molar-refractivity contribution is 9.11. The van der Waals surface area contributed by atoms with Crippen LogP contribution in [-0.2, 0) is 19.6 Å². The Morgan fingerprint density at radius 1 is 1.50 bits per heavy atom. The molecule has 1 aliphatic rings. The van der Waals surface area contributed by atoms with Crippen molar-refractivity contribution >= 4 is 43.2 Å². The minimum atomic E-state index is -3.27. The first-order valence-corrected chi connectivity index (χ1v) is 9.23. The van der Waals surface area contributed by atoms with Gasteiger partial charge in [0.15, 0.2) is 6.10 Å². The number of thiophene rings is 1. The van der Waals surface area contributed by atoms with E-state index in [0.29, 0.717) is 6.54 Å². The normalized spacial score (nSPS) is 20.4. The third-order valence-corrected chi connectivity index (χ3v) is 5.99. The zero-order valence-corrected chi connectivity index (χ0v) is 14.1. The van der Waals surface area contributed by atoms with Crippen LogP contribution < -0.4 is 4.72 Å². The summed E-state index contributed by atoms with van der Waals surface area (Å²) in [5.74, 6) is -0.288. The monoisotopic (exact) mass is 382 g/mol. The molecule has 112 valence electrons. The van der Waals surface area contributed by atoms with Crippen molar-refractivity contribution in [3.8, 4) is 0 Å². The van der Waals surface area contributed by atoms with Gasteiger partial charge in [0.05, 0.1) is 9.54 Å². The number of carbonyl (C=O) groups is 1. The maximum absolute atomic E-state index is 12.5. The van der Waals surface area contributed by atoms with Crippen LogP contribution >= 0.6 is 27.3 Å². The van der Waals surface area contributed by atoms with Crippen LogP contribution in [0.4, 0.5) is 0 Å². The molecule has 1 atom stereocenters. The summed E-state index contributed by atoms with van der Waals surface area (Å²) in [6.45, 7) is 0.768. The van der Waals surface area contributed by atoms with Crippen LogP contribution in [0.15, 0.2) is 15.9 Å². The molecule has 1 N–H and O–H groups in total. The van der Waals surface area contributed by atoms with Gasteiger partial charge in [-0.25, -0.2) is 13.1 Å². The zero-order chi connectivity index (χ0) is 14.8. The molecular formula is C11H15BrN2O4S2. The van der Waals surface area contributed by atoms with Crippen molar-refractivity contribution in [2.75, 3.05) is 32.5 Å². The smallest absolute Gasteiger partial charge is 0.257 e. The largest absolute Gasteiger partial charge is 0.366 e. The van der Waals surface area contributed by atoms with E-state index in [1.165, 1.54) is 23.3 Å². The number of hydrogen-bond donors (Lipinski definition) is 1. The lowest BCUT2D eigenvalue weighted by Gasteiger charge is -2.24. The first-order valence-electron chi connectivity index (χ1n) is 5.97. The molecule has 0 bridgehead atoms. The molecule has 2 heterocycles. The molecule has 2 rings (SSSR count). The van der Waals surface area contributed by atoms with E-state index in [1.807, 2.05) is 12.1 Å². The van der Waals surface area contributed by atoms with Gasteiger partial charge < -0.3 is 9.64 Å². The van der Waals surface area contributed by atoms with Crippen LogP contribution in [0.1, 0.15) is 11.0 Å². The van der Waals surface area contributed by atoms with Crippen LogP contribution in [-0.4, -0.2) is 51.7 Å². The summed E-state index contributed by atoms with van der Waals surface area (Å²) in [4.78, 5) is 14.8. The van der Waals surface area contributed by atoms with E-state index in [-0.39, 0.29) is 24.7 Å². The summed E-state index contributed by atoms with van der Waals surface area (Å²) in [5, 5.41) is 0. The Kier molecular flexibility index (Phi) is 5.19. The Labute approximate surface area is 130 Å². The number of carbonyl (C=O) groups excluding carboxylic acids is 1. The van der Waals surface area contributed by atoms with Gasteiger partial charge in [0, 0.05) is 31.6 Å². The molecule has 1 aromatic heterocycles. The summed E-state index contributed by atoms with van der Waals surface area (Å²) < 4.78 is 31.6. The van der Waals surface area contributed by atoms with Gasteiger partial charge in [-0.2, -0.15) is 0 Å². The van der Waals surface area contributed by atoms with Crippen molar-refractivity contribution in [1.29, 1.82) is 0 Å². The minimum absolute atomic E-state index is 0.0801. The summed E-state index contributed by atoms with van der Waals surface area (Å²) in [6, 6.07) is 3.68. The summed E-state index contributed by atoms with van der Waals surface area (Å²) in [5.41, 5.74) is 0. The SMILES string of the molecule is COC(C(=O)N1CCNS(=O)(=O)CC1)c1ccc(Br)s1. The molecule has 1 amide bonds. The minimum Gasteiger partial charge on any atom is -0.366 e. The molecule has 0 aromatic carbocycles. The standard InChI is InChI=1S/C11H15BrN2O4S2/c1-18-10(8-2-3-9(12)19-8)11(15)14-5-4-13-20(16,17)7-6-14/h2-3,10,13H,4-7H2,1H3. The van der Waals surface area contributed by atoms with E-state index in [2.05, 4.69) is 20.7 Å². The highest BCUT2D eigenvalue weighted by Gasteiger charge is 2.29. The van der Waals surface area contributed by atoms with E-state index >= 15 is 0 Å². The number of nitrogens with zero attached hydrogens (tertiary/aromatic N) is 1. The maximum atomic E-state index is 12.5. The number of hydrogen-bond acceptors (Lipinski definition) is 5. The Morgan fingerprint density at radius 2 is 2.25 bits per heavy atom. The fourth-order valence-corrected chi connectivity index (χ4v) is 4.45. The molecule has 1 unspecified atom stereocenters. The molecular weight excluding hydrogens is 368 g/mol. The molecule has 1 fully saturated rings. The Bertz CT molecular complexity index is 587. The molecule has 1 aromatic rings. The van der Waals surface area contributed by atoms with Gasteiger partial charge in [0.2, 0.25) is 10.0 Å². The average Bonchev–Trinajstić information content (AvgIpc) is 2.71. The molecule has 9 heteroatoms. The predicted molar refractivity (Wildman–Crippen MR) is 80.1 cm³/mol. The van der Waals surface area contributed by atoms with Crippen molar-refractivity contribution in [1.82, 2.24) is 9.62 Å². The number of methoxy groups -OCH3 is 1. The van der Waals surface area contributed by atoms with Crippen LogP contribution in [0.2, 0.25) is 0 Å². The fraction of sp³-hybridized carbons (Fsp3) is 0.545. The number of sulfonamides is 1. The first-order chi connectivity index (χ1) is 9.43. The number of ether oxygens (including phenoxy) is 1. The molecule has 20 heavy (non-hydrogen) atoms. The topological polar surface area (TPSA) is 75.7 Å². The van der Waals surface area contributed by atoms with Crippen LogP contribution in [0.3, 0.4) is 0 Å². The van der Waals surface area contributed by atoms with Crippen molar-refractivity contribution in [3.63, 3.8) is 0 Å². The lowest BCUT2D eigenvalue weighted by molar-refractivity contribution is -0.141. The van der Waals surface area contributed by atoms with Crippen molar-refractivity contribution in [3.05, 3.63) is 20.8 Å². The van der Waals surface area contributed by atoms with Crippen molar-refractivity contribution < 1.29 is 17.9 Å². The van der Waals surface area contributed by atoms with Crippen LogP contribution in [0, 0.1) is 0 Å². The summed E-state index contributed by atoms with van der Waals surface area (Å²) in [7, 11) is -1.79. The van der Waals surface area contributed by atoms with E-state index < -0.39 is 16.1 Å². The highest BCUT2D eigenvalue weighted by Crippen LogP contribution is 2.30. The molecule has 0 spiro atoms. The Morgan fingerprint density at radius 3 is 2.85 bits per heavy atom. The third kappa shape index (κ3) is 3.79. The Hall–Kier alpha value is -0.480. The second-order valence-corrected chi connectivity index (χ2v) is 8.72. The van der Waals surface area contributed by atoms with E-state index in [1.54, 1.807) is 0 Å². The lowest BCUT2D eigenvalue weighted by atomic mass is 10.2. The second kappa shape index (κ2) is 6.52. The molecule has 0 radical (unpaired) electrons. The van der Waals surface area contributed by atoms with Gasteiger partial charge in [-0.15, -0.1) is 11.3 Å². The number of amides is 1. The van der Waals surface area contributed by atoms with Gasteiger partial charge in [0.1, 0.15) is 0 Å². The van der Waals surface area contributed by atoms with E-state index in [0.717, 1.165) is 8.66 Å². The number of rotatable bonds is 3.